The summed E-state index contributed by atoms with van der Waals surface area (Å²) >= 11 is 0. The monoisotopic (exact) mass is 266 g/mol. The number of benzene rings is 1. The summed E-state index contributed by atoms with van der Waals surface area (Å²) in [5.41, 5.74) is -0.463. The molecule has 0 amide bonds. The molecule has 1 N–H and O–H groups in total. The number of hydrogen-bond acceptors (Lipinski definition) is 3. The van der Waals surface area contributed by atoms with E-state index >= 15 is 0 Å². The predicted molar refractivity (Wildman–Crippen MR) is 67.6 cm³/mol. The smallest absolute Gasteiger partial charge is 0.309 e. The van der Waals surface area contributed by atoms with Crippen LogP contribution in [0, 0.1) is 5.41 Å². The number of carboxylic acid groups (broad SMARTS) is 1. The van der Waals surface area contributed by atoms with E-state index < -0.39 is 21.2 Å². The highest BCUT2D eigenvalue weighted by Gasteiger charge is 2.36. The molecule has 5 heteroatoms. The lowest BCUT2D eigenvalue weighted by Gasteiger charge is -2.19. The maximum atomic E-state index is 12.2. The number of carboxylic acids is 1. The van der Waals surface area contributed by atoms with Gasteiger partial charge in [-0.05, 0) is 38.0 Å². The Morgan fingerprint density at radius 3 is 2.44 bits per heavy atom. The van der Waals surface area contributed by atoms with E-state index in [1.165, 1.54) is 13.8 Å². The lowest BCUT2D eigenvalue weighted by Crippen LogP contribution is -2.25. The number of aliphatic carboxylic acids is 1. The van der Waals surface area contributed by atoms with Gasteiger partial charge in [-0.1, -0.05) is 18.2 Å². The van der Waals surface area contributed by atoms with Crippen LogP contribution in [0.2, 0.25) is 0 Å². The summed E-state index contributed by atoms with van der Waals surface area (Å²) in [6.07, 6.45) is 1.56. The zero-order valence-corrected chi connectivity index (χ0v) is 11.0. The van der Waals surface area contributed by atoms with Gasteiger partial charge in [0.05, 0.1) is 15.2 Å². The molecular formula is C13H14O4S. The van der Waals surface area contributed by atoms with Crippen molar-refractivity contribution in [2.75, 3.05) is 0 Å². The average molecular weight is 266 g/mol. The molecule has 18 heavy (non-hydrogen) atoms. The predicted octanol–water partition coefficient (Wildman–Crippen LogP) is 2.32. The molecule has 0 saturated carbocycles. The van der Waals surface area contributed by atoms with Gasteiger partial charge in [0.25, 0.3) is 0 Å². The normalized spacial score (nSPS) is 17.1. The fourth-order valence-corrected chi connectivity index (χ4v) is 3.70. The van der Waals surface area contributed by atoms with E-state index in [9.17, 15) is 13.2 Å². The van der Waals surface area contributed by atoms with Crippen molar-refractivity contribution in [3.05, 3.63) is 34.7 Å². The lowest BCUT2D eigenvalue weighted by molar-refractivity contribution is -0.146. The van der Waals surface area contributed by atoms with Gasteiger partial charge in [-0.3, -0.25) is 4.79 Å². The second-order valence-electron chi connectivity index (χ2n) is 5.02. The van der Waals surface area contributed by atoms with Gasteiger partial charge in [0.15, 0.2) is 0 Å². The highest BCUT2D eigenvalue weighted by molar-refractivity contribution is 7.95. The topological polar surface area (TPSA) is 71.4 Å². The summed E-state index contributed by atoms with van der Waals surface area (Å²) in [7, 11) is -3.52. The SMILES string of the molecule is CC(C)(CC1=Cc2ccccc2S1(=O)=O)C(=O)O. The summed E-state index contributed by atoms with van der Waals surface area (Å²) in [6.45, 7) is 3.04. The van der Waals surface area contributed by atoms with Crippen LogP contribution in [0.4, 0.5) is 0 Å². The number of sulfone groups is 1. The first-order valence-corrected chi connectivity index (χ1v) is 7.01. The minimum Gasteiger partial charge on any atom is -0.481 e. The van der Waals surface area contributed by atoms with Gasteiger partial charge in [0.1, 0.15) is 0 Å². The number of allylic oxidation sites excluding steroid dienone is 1. The van der Waals surface area contributed by atoms with Crippen molar-refractivity contribution >= 4 is 21.9 Å². The van der Waals surface area contributed by atoms with E-state index in [1.54, 1.807) is 30.3 Å². The largest absolute Gasteiger partial charge is 0.481 e. The van der Waals surface area contributed by atoms with Gasteiger partial charge in [0, 0.05) is 0 Å². The summed E-state index contributed by atoms with van der Waals surface area (Å²) in [4.78, 5) is 11.5. The van der Waals surface area contributed by atoms with Crippen LogP contribution < -0.4 is 0 Å². The van der Waals surface area contributed by atoms with E-state index in [-0.39, 0.29) is 16.2 Å². The first-order chi connectivity index (χ1) is 8.25. The molecule has 0 radical (unpaired) electrons. The number of rotatable bonds is 3. The second kappa shape index (κ2) is 3.95. The standard InChI is InChI=1S/C13H14O4S/c1-13(2,12(14)15)8-10-7-9-5-3-4-6-11(9)18(10,16)17/h3-7H,8H2,1-2H3,(H,14,15). The van der Waals surface area contributed by atoms with Gasteiger partial charge in [0.2, 0.25) is 9.84 Å². The van der Waals surface area contributed by atoms with Crippen molar-refractivity contribution in [2.24, 2.45) is 5.41 Å². The molecule has 1 heterocycles. The molecule has 1 aromatic rings. The Balaban J connectivity index is 2.43. The number of carbonyl (C=O) groups is 1. The third kappa shape index (κ3) is 1.95. The van der Waals surface area contributed by atoms with E-state index in [0.29, 0.717) is 5.56 Å². The number of fused-ring (bicyclic) bond motifs is 1. The molecule has 1 aliphatic rings. The van der Waals surface area contributed by atoms with Crippen LogP contribution in [0.5, 0.6) is 0 Å². The zero-order chi connectivity index (χ0) is 13.6. The first kappa shape index (κ1) is 12.8. The summed E-state index contributed by atoms with van der Waals surface area (Å²) < 4.78 is 24.4. The molecule has 0 aromatic heterocycles. The summed E-state index contributed by atoms with van der Waals surface area (Å²) in [6, 6.07) is 6.68. The molecule has 4 nitrogen and oxygen atoms in total. The Bertz CT molecular complexity index is 639. The average Bonchev–Trinajstić information content (AvgIpc) is 2.51. The van der Waals surface area contributed by atoms with Crippen LogP contribution in [-0.4, -0.2) is 19.5 Å². The molecule has 96 valence electrons. The Labute approximate surface area is 106 Å². The van der Waals surface area contributed by atoms with Crippen molar-refractivity contribution in [3.8, 4) is 0 Å². The third-order valence-corrected chi connectivity index (χ3v) is 4.97. The molecular weight excluding hydrogens is 252 g/mol. The van der Waals surface area contributed by atoms with Crippen molar-refractivity contribution in [1.29, 1.82) is 0 Å². The maximum Gasteiger partial charge on any atom is 0.309 e. The van der Waals surface area contributed by atoms with Gasteiger partial charge in [-0.2, -0.15) is 0 Å². The molecule has 0 spiro atoms. The van der Waals surface area contributed by atoms with E-state index in [1.807, 2.05) is 0 Å². The van der Waals surface area contributed by atoms with Crippen LogP contribution in [0.25, 0.3) is 6.08 Å². The fraction of sp³-hybridized carbons (Fsp3) is 0.308. The van der Waals surface area contributed by atoms with Crippen LogP contribution in [0.15, 0.2) is 34.1 Å². The molecule has 0 aliphatic carbocycles. The molecule has 0 fully saturated rings. The van der Waals surface area contributed by atoms with E-state index in [4.69, 9.17) is 5.11 Å². The second-order valence-corrected chi connectivity index (χ2v) is 6.99. The van der Waals surface area contributed by atoms with Crippen LogP contribution in [0.1, 0.15) is 25.8 Å². The fourth-order valence-electron chi connectivity index (χ4n) is 1.89. The van der Waals surface area contributed by atoms with Crippen LogP contribution >= 0.6 is 0 Å². The zero-order valence-electron chi connectivity index (χ0n) is 10.2. The summed E-state index contributed by atoms with van der Waals surface area (Å²) in [5, 5.41) is 9.07. The Kier molecular flexibility index (Phi) is 2.81. The third-order valence-electron chi connectivity index (χ3n) is 3.07. The van der Waals surface area contributed by atoms with Gasteiger partial charge >= 0.3 is 5.97 Å². The van der Waals surface area contributed by atoms with Crippen LogP contribution in [-0.2, 0) is 14.6 Å². The molecule has 1 aromatic carbocycles. The highest BCUT2D eigenvalue weighted by atomic mass is 32.2. The first-order valence-electron chi connectivity index (χ1n) is 5.53. The van der Waals surface area contributed by atoms with E-state index in [0.717, 1.165) is 0 Å². The molecule has 2 rings (SSSR count). The Morgan fingerprint density at radius 2 is 1.89 bits per heavy atom. The molecule has 0 bridgehead atoms. The van der Waals surface area contributed by atoms with Gasteiger partial charge in [-0.15, -0.1) is 0 Å². The van der Waals surface area contributed by atoms with Crippen molar-refractivity contribution in [2.45, 2.75) is 25.2 Å². The molecule has 0 saturated heterocycles. The minimum atomic E-state index is -3.52. The van der Waals surface area contributed by atoms with Crippen molar-refractivity contribution < 1.29 is 18.3 Å². The Hall–Kier alpha value is -1.62. The Morgan fingerprint density at radius 1 is 1.28 bits per heavy atom. The van der Waals surface area contributed by atoms with Gasteiger partial charge in [-0.25, -0.2) is 8.42 Å². The lowest BCUT2D eigenvalue weighted by atomic mass is 9.89. The molecule has 0 atom stereocenters. The maximum absolute atomic E-state index is 12.2. The molecule has 0 unspecified atom stereocenters. The van der Waals surface area contributed by atoms with E-state index in [2.05, 4.69) is 0 Å². The minimum absolute atomic E-state index is 0.000648. The molecule has 1 aliphatic heterocycles. The quantitative estimate of drug-likeness (QED) is 0.911. The highest BCUT2D eigenvalue weighted by Crippen LogP contribution is 2.38. The van der Waals surface area contributed by atoms with Crippen molar-refractivity contribution in [1.82, 2.24) is 0 Å². The number of hydrogen-bond donors (Lipinski definition) is 1. The summed E-state index contributed by atoms with van der Waals surface area (Å²) in [5.74, 6) is -1.01. The van der Waals surface area contributed by atoms with Crippen molar-refractivity contribution in [3.63, 3.8) is 0 Å². The van der Waals surface area contributed by atoms with Gasteiger partial charge < -0.3 is 5.11 Å². The van der Waals surface area contributed by atoms with Crippen LogP contribution in [0.3, 0.4) is 0 Å².